The second kappa shape index (κ2) is 5.32. The molecule has 1 atom stereocenters. The third kappa shape index (κ3) is 2.25. The molecule has 0 bridgehead atoms. The van der Waals surface area contributed by atoms with Crippen LogP contribution in [0.4, 0.5) is 4.79 Å². The number of carbonyl (C=O) groups is 1. The SMILES string of the molecule is CC(C)n1c(C2CCN2C(=O)O)cc(=O)c2ccc(Cl)cc21. The summed E-state index contributed by atoms with van der Waals surface area (Å²) >= 11 is 6.09. The fraction of sp³-hybridized carbons (Fsp3) is 0.375. The van der Waals surface area contributed by atoms with Crippen LogP contribution in [0.25, 0.3) is 10.9 Å². The quantitative estimate of drug-likeness (QED) is 0.918. The molecule has 2 aromatic rings. The molecule has 1 aromatic heterocycles. The van der Waals surface area contributed by atoms with Crippen molar-refractivity contribution in [1.82, 2.24) is 9.47 Å². The molecule has 0 radical (unpaired) electrons. The number of nitrogens with zero attached hydrogens (tertiary/aromatic N) is 2. The maximum atomic E-state index is 12.4. The molecule has 0 aliphatic carbocycles. The second-order valence-electron chi connectivity index (χ2n) is 5.84. The van der Waals surface area contributed by atoms with E-state index in [1.54, 1.807) is 24.3 Å². The molecule has 1 aromatic carbocycles. The highest BCUT2D eigenvalue weighted by Gasteiger charge is 2.35. The summed E-state index contributed by atoms with van der Waals surface area (Å²) in [5, 5.41) is 10.4. The number of hydrogen-bond acceptors (Lipinski definition) is 2. The molecule has 0 spiro atoms. The van der Waals surface area contributed by atoms with Crippen LogP contribution < -0.4 is 5.43 Å². The Bertz CT molecular complexity index is 813. The molecule has 116 valence electrons. The van der Waals surface area contributed by atoms with Crippen LogP contribution in [0.2, 0.25) is 5.02 Å². The third-order valence-corrected chi connectivity index (χ3v) is 4.40. The van der Waals surface area contributed by atoms with Gasteiger partial charge in [0.25, 0.3) is 0 Å². The fourth-order valence-electron chi connectivity index (χ4n) is 3.09. The summed E-state index contributed by atoms with van der Waals surface area (Å²) in [4.78, 5) is 25.0. The molecule has 22 heavy (non-hydrogen) atoms. The number of carboxylic acid groups (broad SMARTS) is 1. The van der Waals surface area contributed by atoms with Gasteiger partial charge in [0.1, 0.15) is 0 Å². The molecular weight excluding hydrogens is 304 g/mol. The molecule has 1 N–H and O–H groups in total. The number of pyridine rings is 1. The van der Waals surface area contributed by atoms with Crippen molar-refractivity contribution in [2.24, 2.45) is 0 Å². The summed E-state index contributed by atoms with van der Waals surface area (Å²) < 4.78 is 2.02. The Balaban J connectivity index is 2.28. The maximum absolute atomic E-state index is 12.4. The van der Waals surface area contributed by atoms with Crippen molar-refractivity contribution in [2.45, 2.75) is 32.4 Å². The van der Waals surface area contributed by atoms with Gasteiger partial charge in [-0.25, -0.2) is 4.79 Å². The first-order chi connectivity index (χ1) is 10.4. The second-order valence-corrected chi connectivity index (χ2v) is 6.28. The molecule has 1 aliphatic heterocycles. The molecule has 1 amide bonds. The van der Waals surface area contributed by atoms with E-state index in [1.807, 2.05) is 18.4 Å². The summed E-state index contributed by atoms with van der Waals surface area (Å²) in [6.07, 6.45) is -0.227. The van der Waals surface area contributed by atoms with E-state index in [0.717, 1.165) is 17.6 Å². The van der Waals surface area contributed by atoms with Crippen molar-refractivity contribution in [1.29, 1.82) is 0 Å². The summed E-state index contributed by atoms with van der Waals surface area (Å²) in [6.45, 7) is 4.52. The molecule has 0 saturated carbocycles. The first-order valence-corrected chi connectivity index (χ1v) is 7.62. The lowest BCUT2D eigenvalue weighted by Crippen LogP contribution is -2.45. The number of benzene rings is 1. The van der Waals surface area contributed by atoms with E-state index >= 15 is 0 Å². The first kappa shape index (κ1) is 14.9. The summed E-state index contributed by atoms with van der Waals surface area (Å²) in [5.74, 6) is 0. The lowest BCUT2D eigenvalue weighted by molar-refractivity contribution is 0.0712. The maximum Gasteiger partial charge on any atom is 0.407 e. The summed E-state index contributed by atoms with van der Waals surface area (Å²) in [5.41, 5.74) is 1.39. The zero-order valence-corrected chi connectivity index (χ0v) is 13.2. The molecule has 3 rings (SSSR count). The van der Waals surface area contributed by atoms with Gasteiger partial charge in [0.05, 0.1) is 11.6 Å². The van der Waals surface area contributed by atoms with E-state index in [1.165, 1.54) is 4.90 Å². The largest absolute Gasteiger partial charge is 0.465 e. The first-order valence-electron chi connectivity index (χ1n) is 7.24. The van der Waals surface area contributed by atoms with Crippen LogP contribution in [0.15, 0.2) is 29.1 Å². The number of halogens is 1. The predicted octanol–water partition coefficient (Wildman–Crippen LogP) is 3.66. The van der Waals surface area contributed by atoms with Crippen LogP contribution in [0.1, 0.15) is 38.0 Å². The zero-order valence-electron chi connectivity index (χ0n) is 12.4. The number of fused-ring (bicyclic) bond motifs is 1. The van der Waals surface area contributed by atoms with Crippen LogP contribution in [-0.2, 0) is 0 Å². The lowest BCUT2D eigenvalue weighted by atomic mass is 9.97. The predicted molar refractivity (Wildman–Crippen MR) is 85.7 cm³/mol. The smallest absolute Gasteiger partial charge is 0.407 e. The van der Waals surface area contributed by atoms with Gasteiger partial charge in [-0.15, -0.1) is 0 Å². The van der Waals surface area contributed by atoms with Gasteiger partial charge in [-0.3, -0.25) is 9.69 Å². The van der Waals surface area contributed by atoms with Gasteiger partial charge < -0.3 is 9.67 Å². The number of hydrogen-bond donors (Lipinski definition) is 1. The van der Waals surface area contributed by atoms with Crippen molar-refractivity contribution in [2.75, 3.05) is 6.54 Å². The van der Waals surface area contributed by atoms with Crippen LogP contribution in [-0.4, -0.2) is 27.2 Å². The molecule has 6 heteroatoms. The molecular formula is C16H17ClN2O3. The van der Waals surface area contributed by atoms with E-state index in [9.17, 15) is 14.7 Å². The van der Waals surface area contributed by atoms with E-state index in [0.29, 0.717) is 17.0 Å². The minimum Gasteiger partial charge on any atom is -0.465 e. The lowest BCUT2D eigenvalue weighted by Gasteiger charge is -2.40. The van der Waals surface area contributed by atoms with Gasteiger partial charge in [-0.1, -0.05) is 11.6 Å². The average molecular weight is 321 g/mol. The highest BCUT2D eigenvalue weighted by atomic mass is 35.5. The van der Waals surface area contributed by atoms with E-state index in [-0.39, 0.29) is 17.5 Å². The average Bonchev–Trinajstić information content (AvgIpc) is 2.35. The summed E-state index contributed by atoms with van der Waals surface area (Å²) in [7, 11) is 0. The van der Waals surface area contributed by atoms with Gasteiger partial charge in [0.2, 0.25) is 0 Å². The summed E-state index contributed by atoms with van der Waals surface area (Å²) in [6, 6.07) is 6.58. The molecule has 1 saturated heterocycles. The fourth-order valence-corrected chi connectivity index (χ4v) is 3.26. The minimum atomic E-state index is -0.954. The minimum absolute atomic E-state index is 0.0906. The Morgan fingerprint density at radius 3 is 2.64 bits per heavy atom. The Kier molecular flexibility index (Phi) is 3.60. The molecule has 5 nitrogen and oxygen atoms in total. The molecule has 1 unspecified atom stereocenters. The monoisotopic (exact) mass is 320 g/mol. The normalized spacial score (nSPS) is 17.8. The van der Waals surface area contributed by atoms with Crippen molar-refractivity contribution in [3.63, 3.8) is 0 Å². The van der Waals surface area contributed by atoms with E-state index < -0.39 is 6.09 Å². The van der Waals surface area contributed by atoms with Crippen LogP contribution in [0.5, 0.6) is 0 Å². The van der Waals surface area contributed by atoms with Crippen molar-refractivity contribution in [3.05, 3.63) is 45.2 Å². The van der Waals surface area contributed by atoms with Crippen molar-refractivity contribution in [3.8, 4) is 0 Å². The van der Waals surface area contributed by atoms with Gasteiger partial charge >= 0.3 is 6.09 Å². The zero-order chi connectivity index (χ0) is 16.0. The van der Waals surface area contributed by atoms with E-state index in [4.69, 9.17) is 11.6 Å². The Labute approximate surface area is 132 Å². The van der Waals surface area contributed by atoms with Crippen molar-refractivity contribution >= 4 is 28.6 Å². The number of amides is 1. The van der Waals surface area contributed by atoms with E-state index in [2.05, 4.69) is 0 Å². The van der Waals surface area contributed by atoms with Gasteiger partial charge in [-0.2, -0.15) is 0 Å². The standard InChI is InChI=1S/C16H17ClN2O3/c1-9(2)19-13-7-10(17)3-4-11(13)15(20)8-14(19)12-5-6-18(12)16(21)22/h3-4,7-9,12H,5-6H2,1-2H3,(H,21,22). The molecule has 1 fully saturated rings. The Morgan fingerprint density at radius 2 is 2.09 bits per heavy atom. The van der Waals surface area contributed by atoms with Gasteiger partial charge in [0.15, 0.2) is 5.43 Å². The van der Waals surface area contributed by atoms with Gasteiger partial charge in [0, 0.05) is 34.8 Å². The van der Waals surface area contributed by atoms with Crippen LogP contribution in [0.3, 0.4) is 0 Å². The van der Waals surface area contributed by atoms with Crippen LogP contribution >= 0.6 is 11.6 Å². The molecule has 2 heterocycles. The third-order valence-electron chi connectivity index (χ3n) is 4.17. The number of likely N-dealkylation sites (tertiary alicyclic amines) is 1. The molecule has 1 aliphatic rings. The number of aromatic nitrogens is 1. The van der Waals surface area contributed by atoms with Gasteiger partial charge in [-0.05, 0) is 38.5 Å². The Hall–Kier alpha value is -2.01. The van der Waals surface area contributed by atoms with Crippen LogP contribution in [0, 0.1) is 0 Å². The number of rotatable bonds is 2. The topological polar surface area (TPSA) is 62.5 Å². The Morgan fingerprint density at radius 1 is 1.36 bits per heavy atom. The van der Waals surface area contributed by atoms with Crippen molar-refractivity contribution < 1.29 is 9.90 Å². The highest BCUT2D eigenvalue weighted by molar-refractivity contribution is 6.31. The highest BCUT2D eigenvalue weighted by Crippen LogP contribution is 2.35.